The van der Waals surface area contributed by atoms with E-state index in [0.29, 0.717) is 35.5 Å². The number of esters is 1. The molecule has 0 aliphatic rings. The van der Waals surface area contributed by atoms with Crippen molar-refractivity contribution in [2.75, 3.05) is 32.2 Å². The van der Waals surface area contributed by atoms with Gasteiger partial charge < -0.3 is 14.8 Å². The van der Waals surface area contributed by atoms with Crippen molar-refractivity contribution in [3.05, 3.63) is 10.6 Å². The molecule has 1 heterocycles. The van der Waals surface area contributed by atoms with Gasteiger partial charge in [0, 0.05) is 13.7 Å². The fourth-order valence-corrected chi connectivity index (χ4v) is 2.31. The number of carbonyl (C=O) groups excluding carboxylic acids is 1. The second-order valence-corrected chi connectivity index (χ2v) is 4.33. The maximum atomic E-state index is 11.6. The van der Waals surface area contributed by atoms with E-state index in [2.05, 4.69) is 10.3 Å². The second-order valence-electron chi connectivity index (χ2n) is 3.07. The number of aromatic nitrogens is 1. The molecule has 0 fully saturated rings. The molecule has 0 bridgehead atoms. The maximum absolute atomic E-state index is 11.6. The van der Waals surface area contributed by atoms with Crippen molar-refractivity contribution < 1.29 is 14.3 Å². The van der Waals surface area contributed by atoms with Gasteiger partial charge >= 0.3 is 5.97 Å². The lowest BCUT2D eigenvalue weighted by Crippen LogP contribution is -2.07. The van der Waals surface area contributed by atoms with E-state index in [1.54, 1.807) is 14.0 Å². The highest BCUT2D eigenvalue weighted by Crippen LogP contribution is 2.25. The van der Waals surface area contributed by atoms with Gasteiger partial charge in [-0.25, -0.2) is 9.78 Å². The van der Waals surface area contributed by atoms with Crippen molar-refractivity contribution in [1.29, 1.82) is 0 Å². The Morgan fingerprint density at radius 2 is 2.35 bits per heavy atom. The van der Waals surface area contributed by atoms with E-state index in [4.69, 9.17) is 21.1 Å². The van der Waals surface area contributed by atoms with Gasteiger partial charge in [-0.3, -0.25) is 0 Å². The second kappa shape index (κ2) is 7.47. The Morgan fingerprint density at radius 1 is 1.59 bits per heavy atom. The average Bonchev–Trinajstić information content (AvgIpc) is 2.73. The highest BCUT2D eigenvalue weighted by Gasteiger charge is 2.18. The van der Waals surface area contributed by atoms with E-state index >= 15 is 0 Å². The van der Waals surface area contributed by atoms with Crippen LogP contribution in [0.2, 0.25) is 0 Å². The molecular formula is C10H15ClN2O3S. The number of carbonyl (C=O) groups is 1. The van der Waals surface area contributed by atoms with Gasteiger partial charge in [0.25, 0.3) is 0 Å². The minimum absolute atomic E-state index is 0.191. The van der Waals surface area contributed by atoms with Gasteiger partial charge in [0.05, 0.1) is 24.8 Å². The fourth-order valence-electron chi connectivity index (χ4n) is 1.13. The molecule has 0 radical (unpaired) electrons. The molecule has 0 saturated carbocycles. The molecule has 1 N–H and O–H groups in total. The van der Waals surface area contributed by atoms with E-state index in [1.165, 1.54) is 11.3 Å². The molecule has 0 aromatic carbocycles. The number of alkyl halides is 1. The molecule has 1 aromatic heterocycles. The van der Waals surface area contributed by atoms with Crippen LogP contribution in [-0.2, 0) is 15.4 Å². The van der Waals surface area contributed by atoms with Crippen LogP contribution in [0.5, 0.6) is 0 Å². The fraction of sp³-hybridized carbons (Fsp3) is 0.600. The normalized spacial score (nSPS) is 10.3. The van der Waals surface area contributed by atoms with Crippen LogP contribution in [0.3, 0.4) is 0 Å². The molecule has 5 nitrogen and oxygen atoms in total. The van der Waals surface area contributed by atoms with Crippen molar-refractivity contribution >= 4 is 34.0 Å². The lowest BCUT2D eigenvalue weighted by molar-refractivity contribution is 0.0531. The first kappa shape index (κ1) is 14.2. The van der Waals surface area contributed by atoms with Crippen LogP contribution >= 0.6 is 22.9 Å². The van der Waals surface area contributed by atoms with Crippen LogP contribution in [0, 0.1) is 0 Å². The van der Waals surface area contributed by atoms with Crippen LogP contribution < -0.4 is 5.32 Å². The number of ether oxygens (including phenoxy) is 2. The SMILES string of the molecule is CCOC(=O)c1sc(NCCOC)nc1CCl. The van der Waals surface area contributed by atoms with Gasteiger partial charge in [0.15, 0.2) is 5.13 Å². The summed E-state index contributed by atoms with van der Waals surface area (Å²) >= 11 is 6.98. The average molecular weight is 279 g/mol. The number of hydrogen-bond donors (Lipinski definition) is 1. The summed E-state index contributed by atoms with van der Waals surface area (Å²) in [5.74, 6) is -0.184. The zero-order valence-electron chi connectivity index (χ0n) is 9.79. The molecule has 17 heavy (non-hydrogen) atoms. The smallest absolute Gasteiger partial charge is 0.350 e. The van der Waals surface area contributed by atoms with Gasteiger partial charge in [-0.15, -0.1) is 11.6 Å². The number of rotatable bonds is 7. The zero-order chi connectivity index (χ0) is 12.7. The number of nitrogens with one attached hydrogen (secondary N) is 1. The third-order valence-electron chi connectivity index (χ3n) is 1.87. The number of nitrogens with zero attached hydrogens (tertiary/aromatic N) is 1. The third kappa shape index (κ3) is 4.14. The summed E-state index contributed by atoms with van der Waals surface area (Å²) in [6, 6.07) is 0. The van der Waals surface area contributed by atoms with Gasteiger partial charge in [0.1, 0.15) is 4.88 Å². The largest absolute Gasteiger partial charge is 0.462 e. The summed E-state index contributed by atoms with van der Waals surface area (Å²) in [7, 11) is 1.62. The molecule has 0 atom stereocenters. The predicted molar refractivity (Wildman–Crippen MR) is 68.0 cm³/mol. The number of halogens is 1. The molecule has 0 spiro atoms. The number of methoxy groups -OCH3 is 1. The molecule has 1 rings (SSSR count). The maximum Gasteiger partial charge on any atom is 0.350 e. The van der Waals surface area contributed by atoms with E-state index < -0.39 is 0 Å². The lowest BCUT2D eigenvalue weighted by atomic mass is 10.4. The van der Waals surface area contributed by atoms with Crippen molar-refractivity contribution in [2.24, 2.45) is 0 Å². The summed E-state index contributed by atoms with van der Waals surface area (Å²) < 4.78 is 9.84. The van der Waals surface area contributed by atoms with Gasteiger partial charge in [-0.2, -0.15) is 0 Å². The molecule has 0 unspecified atom stereocenters. The van der Waals surface area contributed by atoms with Crippen molar-refractivity contribution in [3.8, 4) is 0 Å². The van der Waals surface area contributed by atoms with Crippen molar-refractivity contribution in [2.45, 2.75) is 12.8 Å². The van der Waals surface area contributed by atoms with E-state index in [0.717, 1.165) is 0 Å². The van der Waals surface area contributed by atoms with E-state index in [9.17, 15) is 4.79 Å². The number of thiazole rings is 1. The minimum Gasteiger partial charge on any atom is -0.462 e. The summed E-state index contributed by atoms with van der Waals surface area (Å²) in [4.78, 5) is 16.3. The quantitative estimate of drug-likeness (QED) is 0.470. The lowest BCUT2D eigenvalue weighted by Gasteiger charge is -1.99. The van der Waals surface area contributed by atoms with E-state index in [1.807, 2.05) is 0 Å². The highest BCUT2D eigenvalue weighted by molar-refractivity contribution is 7.17. The van der Waals surface area contributed by atoms with Crippen LogP contribution in [-0.4, -0.2) is 37.8 Å². The topological polar surface area (TPSA) is 60.5 Å². The molecule has 0 amide bonds. The first-order valence-electron chi connectivity index (χ1n) is 5.18. The molecule has 1 aromatic rings. The molecule has 0 saturated heterocycles. The zero-order valence-corrected chi connectivity index (χ0v) is 11.4. The first-order valence-corrected chi connectivity index (χ1v) is 6.53. The van der Waals surface area contributed by atoms with Gasteiger partial charge in [-0.1, -0.05) is 11.3 Å². The Labute approximate surface area is 109 Å². The standard InChI is InChI=1S/C10H15ClN2O3S/c1-3-16-9(14)8-7(6-11)13-10(17-8)12-4-5-15-2/h3-6H2,1-2H3,(H,12,13). The summed E-state index contributed by atoms with van der Waals surface area (Å²) in [5.41, 5.74) is 0.551. The predicted octanol–water partition coefficient (Wildman–Crippen LogP) is 2.12. The van der Waals surface area contributed by atoms with Crippen molar-refractivity contribution in [3.63, 3.8) is 0 Å². The first-order chi connectivity index (χ1) is 8.22. The Balaban J connectivity index is 2.72. The van der Waals surface area contributed by atoms with E-state index in [-0.39, 0.29) is 11.8 Å². The van der Waals surface area contributed by atoms with Crippen LogP contribution in [0.1, 0.15) is 22.3 Å². The summed E-state index contributed by atoms with van der Waals surface area (Å²) in [6.45, 7) is 3.31. The Morgan fingerprint density at radius 3 is 2.94 bits per heavy atom. The highest BCUT2D eigenvalue weighted by atomic mass is 35.5. The van der Waals surface area contributed by atoms with Gasteiger partial charge in [-0.05, 0) is 6.92 Å². The molecular weight excluding hydrogens is 264 g/mol. The molecule has 0 aliphatic heterocycles. The minimum atomic E-state index is -0.375. The van der Waals surface area contributed by atoms with Crippen molar-refractivity contribution in [1.82, 2.24) is 4.98 Å². The number of anilines is 1. The van der Waals surface area contributed by atoms with Crippen LogP contribution in [0.25, 0.3) is 0 Å². The summed E-state index contributed by atoms with van der Waals surface area (Å²) in [6.07, 6.45) is 0. The Kier molecular flexibility index (Phi) is 6.25. The Bertz CT molecular complexity index is 370. The monoisotopic (exact) mass is 278 g/mol. The van der Waals surface area contributed by atoms with Crippen LogP contribution in [0.4, 0.5) is 5.13 Å². The molecule has 96 valence electrons. The third-order valence-corrected chi connectivity index (χ3v) is 3.16. The summed E-state index contributed by atoms with van der Waals surface area (Å²) in [5, 5.41) is 3.71. The molecule has 0 aliphatic carbocycles. The Hall–Kier alpha value is -0.850. The van der Waals surface area contributed by atoms with Gasteiger partial charge in [0.2, 0.25) is 0 Å². The number of hydrogen-bond acceptors (Lipinski definition) is 6. The molecule has 7 heteroatoms. The van der Waals surface area contributed by atoms with Crippen LogP contribution in [0.15, 0.2) is 0 Å².